The molecule has 0 aliphatic carbocycles. The Bertz CT molecular complexity index is 1050. The fourth-order valence-electron chi connectivity index (χ4n) is 2.36. The number of halogens is 2. The molecule has 0 saturated carbocycles. The third-order valence-corrected chi connectivity index (χ3v) is 6.02. The summed E-state index contributed by atoms with van der Waals surface area (Å²) in [6, 6.07) is 11.6. The molecule has 0 aliphatic heterocycles. The van der Waals surface area contributed by atoms with E-state index in [0.29, 0.717) is 5.56 Å². The van der Waals surface area contributed by atoms with Crippen LogP contribution in [0.1, 0.15) is 5.56 Å². The second-order valence-electron chi connectivity index (χ2n) is 5.30. The number of nitrogens with zero attached hydrogens (tertiary/aromatic N) is 1. The molecule has 0 aliphatic rings. The highest BCUT2D eigenvalue weighted by atomic mass is 35.5. The zero-order chi connectivity index (χ0) is 18.2. The molecule has 1 N–H and O–H groups in total. The maximum atomic E-state index is 13.0. The smallest absolute Gasteiger partial charge is 0.233 e. The average molecular weight is 397 g/mol. The van der Waals surface area contributed by atoms with Crippen molar-refractivity contribution in [3.8, 4) is 11.5 Å². The largest absolute Gasteiger partial charge is 0.419 e. The second-order valence-corrected chi connectivity index (χ2v) is 7.97. The first kappa shape index (κ1) is 17.8. The van der Waals surface area contributed by atoms with Gasteiger partial charge in [0.1, 0.15) is 0 Å². The molecule has 0 spiro atoms. The zero-order valence-corrected chi connectivity index (χ0v) is 15.7. The Balaban J connectivity index is 2.20. The Kier molecular flexibility index (Phi) is 4.77. The number of hydrogen-bond donors (Lipinski definition) is 1. The van der Waals surface area contributed by atoms with E-state index in [4.69, 9.17) is 27.6 Å². The number of benzene rings is 2. The first-order chi connectivity index (χ1) is 11.8. The minimum Gasteiger partial charge on any atom is -0.419 e. The van der Waals surface area contributed by atoms with Crippen LogP contribution in [0.5, 0.6) is 0 Å². The number of anilines is 1. The lowest BCUT2D eigenvalue weighted by Gasteiger charge is -2.05. The van der Waals surface area contributed by atoms with E-state index in [-0.39, 0.29) is 31.7 Å². The van der Waals surface area contributed by atoms with Crippen molar-refractivity contribution in [2.45, 2.75) is 16.8 Å². The van der Waals surface area contributed by atoms with Crippen molar-refractivity contribution in [1.82, 2.24) is 4.98 Å². The van der Waals surface area contributed by atoms with Crippen LogP contribution in [0.25, 0.3) is 11.5 Å². The molecule has 0 unspecified atom stereocenters. The molecule has 1 heterocycles. The van der Waals surface area contributed by atoms with E-state index in [1.807, 2.05) is 31.2 Å². The van der Waals surface area contributed by atoms with Crippen molar-refractivity contribution in [1.29, 1.82) is 0 Å². The highest BCUT2D eigenvalue weighted by molar-refractivity contribution is 7.91. The number of hydrogen-bond acceptors (Lipinski definition) is 5. The van der Waals surface area contributed by atoms with Crippen molar-refractivity contribution in [2.75, 3.05) is 12.4 Å². The molecule has 3 rings (SSSR count). The molecule has 0 saturated heterocycles. The number of aryl methyl sites for hydroxylation is 1. The van der Waals surface area contributed by atoms with E-state index < -0.39 is 9.84 Å². The van der Waals surface area contributed by atoms with E-state index in [1.54, 1.807) is 7.05 Å². The summed E-state index contributed by atoms with van der Waals surface area (Å²) >= 11 is 12.0. The third kappa shape index (κ3) is 3.25. The first-order valence-corrected chi connectivity index (χ1v) is 9.53. The predicted octanol–water partition coefficient (Wildman–Crippen LogP) is 4.83. The second kappa shape index (κ2) is 6.71. The van der Waals surface area contributed by atoms with Crippen LogP contribution in [-0.4, -0.2) is 20.4 Å². The summed E-state index contributed by atoms with van der Waals surface area (Å²) < 4.78 is 31.7. The molecule has 130 valence electrons. The Morgan fingerprint density at radius 1 is 1.12 bits per heavy atom. The minimum absolute atomic E-state index is 0.0364. The van der Waals surface area contributed by atoms with Gasteiger partial charge in [-0.15, -0.1) is 0 Å². The molecule has 0 fully saturated rings. The van der Waals surface area contributed by atoms with Crippen LogP contribution in [0.4, 0.5) is 5.88 Å². The van der Waals surface area contributed by atoms with E-state index in [0.717, 1.165) is 5.56 Å². The van der Waals surface area contributed by atoms with Gasteiger partial charge in [-0.1, -0.05) is 41.4 Å². The fourth-order valence-corrected chi connectivity index (χ4v) is 4.43. The third-order valence-electron chi connectivity index (χ3n) is 3.64. The lowest BCUT2D eigenvalue weighted by Crippen LogP contribution is -2.06. The van der Waals surface area contributed by atoms with Gasteiger partial charge in [-0.25, -0.2) is 8.42 Å². The van der Waals surface area contributed by atoms with Crippen molar-refractivity contribution >= 4 is 38.9 Å². The van der Waals surface area contributed by atoms with Gasteiger partial charge in [0, 0.05) is 17.6 Å². The summed E-state index contributed by atoms with van der Waals surface area (Å²) in [5, 5.41) is 2.81. The van der Waals surface area contributed by atoms with Gasteiger partial charge in [-0.2, -0.15) is 4.98 Å². The van der Waals surface area contributed by atoms with Crippen LogP contribution in [0.3, 0.4) is 0 Å². The standard InChI is InChI=1S/C17H14Cl2N2O3S/c1-10-5-3-4-6-12(10)15-21-17(16(20-2)24-15)25(22,23)14-9-11(18)7-8-13(14)19/h3-9,20H,1-2H3. The Morgan fingerprint density at radius 3 is 2.52 bits per heavy atom. The highest BCUT2D eigenvalue weighted by Crippen LogP contribution is 2.36. The van der Waals surface area contributed by atoms with Crippen molar-refractivity contribution in [3.63, 3.8) is 0 Å². The summed E-state index contributed by atoms with van der Waals surface area (Å²) in [6.07, 6.45) is 0. The summed E-state index contributed by atoms with van der Waals surface area (Å²) in [5.41, 5.74) is 1.62. The Hall–Kier alpha value is -2.02. The van der Waals surface area contributed by atoms with Gasteiger partial charge >= 0.3 is 0 Å². The van der Waals surface area contributed by atoms with Crippen LogP contribution < -0.4 is 5.32 Å². The Morgan fingerprint density at radius 2 is 1.84 bits per heavy atom. The van der Waals surface area contributed by atoms with Crippen LogP contribution in [0.15, 0.2) is 56.8 Å². The molecule has 1 aromatic heterocycles. The van der Waals surface area contributed by atoms with Gasteiger partial charge in [-0.3, -0.25) is 0 Å². The van der Waals surface area contributed by atoms with Gasteiger partial charge in [0.25, 0.3) is 0 Å². The van der Waals surface area contributed by atoms with Gasteiger partial charge in [-0.05, 0) is 36.8 Å². The van der Waals surface area contributed by atoms with Gasteiger partial charge < -0.3 is 9.73 Å². The molecule has 0 bridgehead atoms. The van der Waals surface area contributed by atoms with Gasteiger partial charge in [0.05, 0.1) is 9.92 Å². The SMILES string of the molecule is CNc1oc(-c2ccccc2C)nc1S(=O)(=O)c1cc(Cl)ccc1Cl. The lowest BCUT2D eigenvalue weighted by atomic mass is 10.1. The summed E-state index contributed by atoms with van der Waals surface area (Å²) in [5.74, 6) is 0.244. The minimum atomic E-state index is -4.02. The van der Waals surface area contributed by atoms with Gasteiger partial charge in [0.15, 0.2) is 0 Å². The first-order valence-electron chi connectivity index (χ1n) is 7.29. The number of nitrogens with one attached hydrogen (secondary N) is 1. The number of sulfone groups is 1. The summed E-state index contributed by atoms with van der Waals surface area (Å²) in [4.78, 5) is 4.09. The molecular weight excluding hydrogens is 383 g/mol. The average Bonchev–Trinajstić information content (AvgIpc) is 3.02. The Labute approximate surface area is 155 Å². The molecule has 8 heteroatoms. The van der Waals surface area contributed by atoms with Crippen LogP contribution >= 0.6 is 23.2 Å². The van der Waals surface area contributed by atoms with Crippen molar-refractivity contribution in [2.24, 2.45) is 0 Å². The highest BCUT2D eigenvalue weighted by Gasteiger charge is 2.30. The summed E-state index contributed by atoms with van der Waals surface area (Å²) in [6.45, 7) is 1.89. The fraction of sp³-hybridized carbons (Fsp3) is 0.118. The van der Waals surface area contributed by atoms with Crippen LogP contribution in [0, 0.1) is 6.92 Å². The number of rotatable bonds is 4. The predicted molar refractivity (Wildman–Crippen MR) is 98.1 cm³/mol. The maximum Gasteiger partial charge on any atom is 0.233 e. The van der Waals surface area contributed by atoms with Crippen molar-refractivity contribution in [3.05, 3.63) is 58.1 Å². The molecule has 25 heavy (non-hydrogen) atoms. The maximum absolute atomic E-state index is 13.0. The normalized spacial score (nSPS) is 11.5. The zero-order valence-electron chi connectivity index (χ0n) is 13.4. The van der Waals surface area contributed by atoms with Crippen LogP contribution in [0.2, 0.25) is 10.0 Å². The van der Waals surface area contributed by atoms with Crippen molar-refractivity contribution < 1.29 is 12.8 Å². The summed E-state index contributed by atoms with van der Waals surface area (Å²) in [7, 11) is -2.46. The van der Waals surface area contributed by atoms with E-state index in [2.05, 4.69) is 10.3 Å². The quantitative estimate of drug-likeness (QED) is 0.683. The molecule has 0 amide bonds. The number of aromatic nitrogens is 1. The van der Waals surface area contributed by atoms with E-state index >= 15 is 0 Å². The molecule has 0 atom stereocenters. The molecule has 5 nitrogen and oxygen atoms in total. The number of oxazole rings is 1. The van der Waals surface area contributed by atoms with E-state index in [1.165, 1.54) is 18.2 Å². The van der Waals surface area contributed by atoms with Crippen LogP contribution in [-0.2, 0) is 9.84 Å². The van der Waals surface area contributed by atoms with Gasteiger partial charge in [0.2, 0.25) is 26.6 Å². The molecule has 3 aromatic rings. The monoisotopic (exact) mass is 396 g/mol. The molecular formula is C17H14Cl2N2O3S. The molecule has 2 aromatic carbocycles. The van der Waals surface area contributed by atoms with E-state index in [9.17, 15) is 8.42 Å². The lowest BCUT2D eigenvalue weighted by molar-refractivity contribution is 0.580. The topological polar surface area (TPSA) is 72.2 Å². The molecule has 0 radical (unpaired) electrons.